The van der Waals surface area contributed by atoms with Crippen molar-refractivity contribution in [2.24, 2.45) is 0 Å². The molecule has 1 unspecified atom stereocenters. The fourth-order valence-electron chi connectivity index (χ4n) is 1.58. The first-order valence-electron chi connectivity index (χ1n) is 6.96. The van der Waals surface area contributed by atoms with Crippen LogP contribution in [0.1, 0.15) is 40.5 Å². The van der Waals surface area contributed by atoms with Gasteiger partial charge < -0.3 is 19.7 Å². The smallest absolute Gasteiger partial charge is 0.410 e. The summed E-state index contributed by atoms with van der Waals surface area (Å²) in [5.41, 5.74) is -0.435. The highest BCUT2D eigenvalue weighted by Gasteiger charge is 2.19. The Morgan fingerprint density at radius 1 is 1.37 bits per heavy atom. The first-order valence-corrected chi connectivity index (χ1v) is 6.96. The van der Waals surface area contributed by atoms with Crippen LogP contribution in [-0.4, -0.2) is 56.5 Å². The Balaban J connectivity index is 3.79. The monoisotopic (exact) mass is 274 g/mol. The number of nitrogens with zero attached hydrogens (tertiary/aromatic N) is 1. The Labute approximate surface area is 117 Å². The number of hydrogen-bond acceptors (Lipinski definition) is 4. The lowest BCUT2D eigenvalue weighted by molar-refractivity contribution is 0.0296. The summed E-state index contributed by atoms with van der Waals surface area (Å²) in [6, 6.07) is 0.386. The molecule has 0 saturated carbocycles. The highest BCUT2D eigenvalue weighted by Crippen LogP contribution is 2.09. The van der Waals surface area contributed by atoms with E-state index in [0.29, 0.717) is 12.6 Å². The predicted octanol–water partition coefficient (Wildman–Crippen LogP) is 2.26. The quantitative estimate of drug-likeness (QED) is 0.690. The van der Waals surface area contributed by atoms with Crippen molar-refractivity contribution < 1.29 is 14.3 Å². The third-order valence-electron chi connectivity index (χ3n) is 2.67. The lowest BCUT2D eigenvalue weighted by Gasteiger charge is -2.25. The highest BCUT2D eigenvalue weighted by molar-refractivity contribution is 5.67. The molecule has 0 aliphatic carbocycles. The van der Waals surface area contributed by atoms with E-state index in [1.165, 1.54) is 0 Å². The molecule has 0 aromatic carbocycles. The molecule has 0 radical (unpaired) electrons. The van der Waals surface area contributed by atoms with Crippen LogP contribution in [0.5, 0.6) is 0 Å². The summed E-state index contributed by atoms with van der Waals surface area (Å²) in [6.45, 7) is 10.0. The molecular weight excluding hydrogens is 244 g/mol. The van der Waals surface area contributed by atoms with Crippen molar-refractivity contribution in [1.82, 2.24) is 10.2 Å². The zero-order chi connectivity index (χ0) is 14.9. The Hall–Kier alpha value is -0.810. The van der Waals surface area contributed by atoms with Crippen LogP contribution >= 0.6 is 0 Å². The molecule has 0 aliphatic rings. The van der Waals surface area contributed by atoms with E-state index < -0.39 is 5.60 Å². The molecule has 114 valence electrons. The summed E-state index contributed by atoms with van der Waals surface area (Å²) >= 11 is 0. The van der Waals surface area contributed by atoms with Gasteiger partial charge in [0.25, 0.3) is 0 Å². The van der Waals surface area contributed by atoms with Crippen molar-refractivity contribution in [3.63, 3.8) is 0 Å². The lowest BCUT2D eigenvalue weighted by atomic mass is 10.2. The molecule has 0 aliphatic heterocycles. The normalized spacial score (nSPS) is 13.2. The van der Waals surface area contributed by atoms with Gasteiger partial charge in [0.1, 0.15) is 5.60 Å². The lowest BCUT2D eigenvalue weighted by Crippen LogP contribution is -2.37. The van der Waals surface area contributed by atoms with E-state index >= 15 is 0 Å². The third-order valence-corrected chi connectivity index (χ3v) is 2.67. The Kier molecular flexibility index (Phi) is 8.76. The fourth-order valence-corrected chi connectivity index (χ4v) is 1.58. The maximum Gasteiger partial charge on any atom is 0.410 e. The van der Waals surface area contributed by atoms with Gasteiger partial charge in [-0.2, -0.15) is 0 Å². The molecular formula is C14H30N2O3. The van der Waals surface area contributed by atoms with Crippen LogP contribution in [0.2, 0.25) is 0 Å². The summed E-state index contributed by atoms with van der Waals surface area (Å²) in [6.07, 6.45) is 1.67. The van der Waals surface area contributed by atoms with E-state index in [9.17, 15) is 4.79 Å². The summed E-state index contributed by atoms with van der Waals surface area (Å²) in [5, 5.41) is 3.41. The van der Waals surface area contributed by atoms with Crippen LogP contribution in [0.25, 0.3) is 0 Å². The van der Waals surface area contributed by atoms with E-state index in [1.807, 2.05) is 20.8 Å². The second-order valence-electron chi connectivity index (χ2n) is 5.77. The summed E-state index contributed by atoms with van der Waals surface area (Å²) in [4.78, 5) is 13.3. The minimum atomic E-state index is -0.435. The topological polar surface area (TPSA) is 50.8 Å². The summed E-state index contributed by atoms with van der Waals surface area (Å²) < 4.78 is 10.4. The van der Waals surface area contributed by atoms with Crippen molar-refractivity contribution in [3.8, 4) is 0 Å². The summed E-state index contributed by atoms with van der Waals surface area (Å²) in [7, 11) is 3.47. The van der Waals surface area contributed by atoms with Crippen molar-refractivity contribution in [3.05, 3.63) is 0 Å². The first kappa shape index (κ1) is 18.2. The molecule has 1 amide bonds. The average molecular weight is 274 g/mol. The number of ether oxygens (including phenoxy) is 2. The van der Waals surface area contributed by atoms with Gasteiger partial charge in [0, 0.05) is 26.7 Å². The number of rotatable bonds is 8. The molecule has 1 N–H and O–H groups in total. The number of hydrogen-bond donors (Lipinski definition) is 1. The number of carbonyl (C=O) groups excluding carboxylic acids is 1. The molecule has 19 heavy (non-hydrogen) atoms. The van der Waals surface area contributed by atoms with Gasteiger partial charge in [0.15, 0.2) is 0 Å². The van der Waals surface area contributed by atoms with Crippen LogP contribution in [0.4, 0.5) is 4.79 Å². The second kappa shape index (κ2) is 9.15. The van der Waals surface area contributed by atoms with E-state index in [1.54, 1.807) is 19.1 Å². The van der Waals surface area contributed by atoms with Crippen molar-refractivity contribution in [1.29, 1.82) is 0 Å². The SMILES string of the molecule is CCC(COC)NCCCN(C)C(=O)OC(C)(C)C. The first-order chi connectivity index (χ1) is 8.80. The van der Waals surface area contributed by atoms with E-state index in [4.69, 9.17) is 9.47 Å². The maximum atomic E-state index is 11.7. The van der Waals surface area contributed by atoms with Crippen molar-refractivity contribution in [2.45, 2.75) is 52.2 Å². The molecule has 0 fully saturated rings. The van der Waals surface area contributed by atoms with Gasteiger partial charge in [-0.25, -0.2) is 4.79 Å². The van der Waals surface area contributed by atoms with Gasteiger partial charge in [0.2, 0.25) is 0 Å². The van der Waals surface area contributed by atoms with Crippen molar-refractivity contribution in [2.75, 3.05) is 33.9 Å². The van der Waals surface area contributed by atoms with Gasteiger partial charge in [-0.05, 0) is 40.2 Å². The number of nitrogens with one attached hydrogen (secondary N) is 1. The van der Waals surface area contributed by atoms with Crippen molar-refractivity contribution >= 4 is 6.09 Å². The van der Waals surface area contributed by atoms with Crippen LogP contribution in [-0.2, 0) is 9.47 Å². The molecule has 5 heteroatoms. The molecule has 1 atom stereocenters. The van der Waals surface area contributed by atoms with Gasteiger partial charge in [-0.1, -0.05) is 6.92 Å². The molecule has 0 bridgehead atoms. The number of amides is 1. The number of carbonyl (C=O) groups is 1. The van der Waals surface area contributed by atoms with Crippen LogP contribution in [0, 0.1) is 0 Å². The van der Waals surface area contributed by atoms with Crippen LogP contribution in [0.15, 0.2) is 0 Å². The minimum absolute atomic E-state index is 0.267. The van der Waals surface area contributed by atoms with Crippen LogP contribution < -0.4 is 5.32 Å². The largest absolute Gasteiger partial charge is 0.444 e. The zero-order valence-electron chi connectivity index (χ0n) is 13.3. The maximum absolute atomic E-state index is 11.7. The predicted molar refractivity (Wildman–Crippen MR) is 77.4 cm³/mol. The molecule has 0 rings (SSSR count). The summed E-state index contributed by atoms with van der Waals surface area (Å²) in [5.74, 6) is 0. The zero-order valence-corrected chi connectivity index (χ0v) is 13.3. The van der Waals surface area contributed by atoms with Gasteiger partial charge in [-0.3, -0.25) is 0 Å². The Morgan fingerprint density at radius 3 is 2.47 bits per heavy atom. The molecule has 0 spiro atoms. The Bertz CT molecular complexity index is 252. The third kappa shape index (κ3) is 9.73. The standard InChI is InChI=1S/C14H30N2O3/c1-7-12(11-18-6)15-9-8-10-16(5)13(17)19-14(2,3)4/h12,15H,7-11H2,1-6H3. The molecule has 0 aromatic rings. The Morgan fingerprint density at radius 2 is 2.00 bits per heavy atom. The second-order valence-corrected chi connectivity index (χ2v) is 5.77. The van der Waals surface area contributed by atoms with Crippen LogP contribution in [0.3, 0.4) is 0 Å². The van der Waals surface area contributed by atoms with Gasteiger partial charge in [0.05, 0.1) is 6.61 Å². The molecule has 0 aromatic heterocycles. The molecule has 0 heterocycles. The molecule has 5 nitrogen and oxygen atoms in total. The van der Waals surface area contributed by atoms with Gasteiger partial charge >= 0.3 is 6.09 Å². The van der Waals surface area contributed by atoms with Gasteiger partial charge in [-0.15, -0.1) is 0 Å². The van der Waals surface area contributed by atoms with E-state index in [-0.39, 0.29) is 6.09 Å². The fraction of sp³-hybridized carbons (Fsp3) is 0.929. The minimum Gasteiger partial charge on any atom is -0.444 e. The highest BCUT2D eigenvalue weighted by atomic mass is 16.6. The number of methoxy groups -OCH3 is 1. The average Bonchev–Trinajstić information content (AvgIpc) is 2.30. The molecule has 0 saturated heterocycles. The van der Waals surface area contributed by atoms with E-state index in [0.717, 1.165) is 26.0 Å². The van der Waals surface area contributed by atoms with E-state index in [2.05, 4.69) is 12.2 Å².